The molecule has 1 aromatic heterocycles. The Morgan fingerprint density at radius 1 is 1.29 bits per heavy atom. The van der Waals surface area contributed by atoms with Gasteiger partial charge in [0.2, 0.25) is 0 Å². The Labute approximate surface area is 179 Å². The van der Waals surface area contributed by atoms with Gasteiger partial charge in [-0.15, -0.1) is 0 Å². The number of thioether (sulfide) groups is 1. The molecule has 0 aliphatic carbocycles. The number of hydrogen-bond donors (Lipinski definition) is 1. The van der Waals surface area contributed by atoms with Crippen LogP contribution in [0.5, 0.6) is 5.75 Å². The number of rotatable bonds is 8. The van der Waals surface area contributed by atoms with Crippen molar-refractivity contribution in [2.75, 3.05) is 6.54 Å². The van der Waals surface area contributed by atoms with E-state index in [0.717, 1.165) is 10.2 Å². The number of ether oxygens (including phenoxy) is 1. The Morgan fingerprint density at radius 2 is 2.04 bits per heavy atom. The highest BCUT2D eigenvalue weighted by Crippen LogP contribution is 2.33. The number of carboxylic acids is 1. The lowest BCUT2D eigenvalue weighted by Gasteiger charge is -2.13. The average Bonchev–Trinajstić information content (AvgIpc) is 3.20. The number of furan rings is 1. The predicted octanol–water partition coefficient (Wildman–Crippen LogP) is 4.69. The molecule has 1 aromatic carbocycles. The fraction of sp³-hybridized carbons (Fsp3) is 0.211. The molecule has 2 aromatic rings. The van der Waals surface area contributed by atoms with Crippen LogP contribution in [0.25, 0.3) is 6.08 Å². The Hall–Kier alpha value is -2.10. The second kappa shape index (κ2) is 9.40. The molecule has 3 rings (SSSR count). The molecule has 1 aliphatic rings. The maximum atomic E-state index is 12.5. The fourth-order valence-electron chi connectivity index (χ4n) is 2.45. The Balaban J connectivity index is 1.59. The summed E-state index contributed by atoms with van der Waals surface area (Å²) in [5, 5.41) is 8.72. The Bertz CT molecular complexity index is 923. The third-order valence-electron chi connectivity index (χ3n) is 3.80. The molecule has 9 heteroatoms. The monoisotopic (exact) mass is 481 g/mol. The molecule has 1 aliphatic heterocycles. The summed E-state index contributed by atoms with van der Waals surface area (Å²) >= 11 is 9.78. The summed E-state index contributed by atoms with van der Waals surface area (Å²) < 4.78 is 12.8. The van der Waals surface area contributed by atoms with Gasteiger partial charge in [0.25, 0.3) is 5.91 Å². The number of hydrogen-bond acceptors (Lipinski definition) is 6. The number of benzene rings is 1. The molecule has 6 nitrogen and oxygen atoms in total. The fourth-order valence-corrected chi connectivity index (χ4v) is 4.00. The summed E-state index contributed by atoms with van der Waals surface area (Å²) in [7, 11) is 0. The standard InChI is InChI=1S/C19H16BrNO5S2/c20-12-3-5-13(6-4-12)25-11-15-8-7-14(26-15)10-16-18(24)21(19(27)28-16)9-1-2-17(22)23/h3-8,10H,1-2,9,11H2,(H,22,23). The van der Waals surface area contributed by atoms with Crippen LogP contribution < -0.4 is 4.74 Å². The van der Waals surface area contributed by atoms with Crippen molar-refractivity contribution in [3.05, 3.63) is 57.3 Å². The zero-order chi connectivity index (χ0) is 20.1. The van der Waals surface area contributed by atoms with E-state index in [1.54, 1.807) is 18.2 Å². The number of thiocarbonyl (C=S) groups is 1. The lowest BCUT2D eigenvalue weighted by molar-refractivity contribution is -0.137. The number of nitrogens with zero attached hydrogens (tertiary/aromatic N) is 1. The second-order valence-electron chi connectivity index (χ2n) is 5.88. The molecular weight excluding hydrogens is 466 g/mol. The number of halogens is 1. The number of carboxylic acid groups (broad SMARTS) is 1. The Morgan fingerprint density at radius 3 is 2.75 bits per heavy atom. The summed E-state index contributed by atoms with van der Waals surface area (Å²) in [5.74, 6) is 0.758. The van der Waals surface area contributed by atoms with Crippen LogP contribution in [0.4, 0.5) is 0 Å². The normalized spacial score (nSPS) is 15.5. The van der Waals surface area contributed by atoms with Crippen molar-refractivity contribution < 1.29 is 23.8 Å². The quantitative estimate of drug-likeness (QED) is 0.432. The van der Waals surface area contributed by atoms with Crippen molar-refractivity contribution in [2.45, 2.75) is 19.4 Å². The molecule has 0 unspecified atom stereocenters. The molecule has 0 spiro atoms. The van der Waals surface area contributed by atoms with Crippen LogP contribution in [0.2, 0.25) is 0 Å². The van der Waals surface area contributed by atoms with Crippen molar-refractivity contribution in [2.24, 2.45) is 0 Å². The summed E-state index contributed by atoms with van der Waals surface area (Å²) in [4.78, 5) is 25.0. The summed E-state index contributed by atoms with van der Waals surface area (Å²) in [5.41, 5.74) is 0. The SMILES string of the molecule is O=C(O)CCCN1C(=O)C(=Cc2ccc(COc3ccc(Br)cc3)o2)SC1=S. The van der Waals surface area contributed by atoms with Crippen molar-refractivity contribution in [3.63, 3.8) is 0 Å². The summed E-state index contributed by atoms with van der Waals surface area (Å²) in [6.45, 7) is 0.560. The number of aliphatic carboxylic acids is 1. The molecular formula is C19H16BrNO5S2. The van der Waals surface area contributed by atoms with Gasteiger partial charge in [0, 0.05) is 23.5 Å². The van der Waals surface area contributed by atoms with E-state index >= 15 is 0 Å². The smallest absolute Gasteiger partial charge is 0.303 e. The van der Waals surface area contributed by atoms with Gasteiger partial charge in [-0.25, -0.2) is 0 Å². The van der Waals surface area contributed by atoms with Crippen molar-refractivity contribution in [3.8, 4) is 5.75 Å². The lowest BCUT2D eigenvalue weighted by atomic mass is 10.3. The van der Waals surface area contributed by atoms with Gasteiger partial charge in [-0.05, 0) is 42.8 Å². The highest BCUT2D eigenvalue weighted by Gasteiger charge is 2.31. The number of amides is 1. The van der Waals surface area contributed by atoms with Crippen LogP contribution in [0.3, 0.4) is 0 Å². The van der Waals surface area contributed by atoms with Gasteiger partial charge < -0.3 is 14.3 Å². The van der Waals surface area contributed by atoms with Crippen LogP contribution in [-0.4, -0.2) is 32.7 Å². The zero-order valence-corrected chi connectivity index (χ0v) is 17.8. The summed E-state index contributed by atoms with van der Waals surface area (Å²) in [6, 6.07) is 11.0. The van der Waals surface area contributed by atoms with E-state index in [1.807, 2.05) is 24.3 Å². The van der Waals surface area contributed by atoms with E-state index in [4.69, 9.17) is 26.5 Å². The van der Waals surface area contributed by atoms with Gasteiger partial charge in [0.05, 0.1) is 4.91 Å². The lowest BCUT2D eigenvalue weighted by Crippen LogP contribution is -2.29. The van der Waals surface area contributed by atoms with Gasteiger partial charge in [0.15, 0.2) is 0 Å². The number of carbonyl (C=O) groups is 2. The van der Waals surface area contributed by atoms with Gasteiger partial charge in [-0.2, -0.15) is 0 Å². The van der Waals surface area contributed by atoms with Gasteiger partial charge in [-0.3, -0.25) is 14.5 Å². The molecule has 146 valence electrons. The largest absolute Gasteiger partial charge is 0.486 e. The van der Waals surface area contributed by atoms with E-state index < -0.39 is 5.97 Å². The van der Waals surface area contributed by atoms with Gasteiger partial charge >= 0.3 is 5.97 Å². The molecule has 1 fully saturated rings. The predicted molar refractivity (Wildman–Crippen MR) is 114 cm³/mol. The van der Waals surface area contributed by atoms with Crippen LogP contribution in [0, 0.1) is 0 Å². The van der Waals surface area contributed by atoms with E-state index in [9.17, 15) is 9.59 Å². The maximum absolute atomic E-state index is 12.5. The van der Waals surface area contributed by atoms with Crippen LogP contribution in [0.1, 0.15) is 24.4 Å². The topological polar surface area (TPSA) is 80.0 Å². The minimum absolute atomic E-state index is 0.00395. The molecule has 2 heterocycles. The van der Waals surface area contributed by atoms with E-state index in [2.05, 4.69) is 15.9 Å². The highest BCUT2D eigenvalue weighted by atomic mass is 79.9. The third kappa shape index (κ3) is 5.46. The molecule has 0 bridgehead atoms. The van der Waals surface area contributed by atoms with Crippen LogP contribution in [-0.2, 0) is 16.2 Å². The molecule has 1 saturated heterocycles. The molecule has 0 atom stereocenters. The van der Waals surface area contributed by atoms with E-state index in [1.165, 1.54) is 16.7 Å². The molecule has 0 radical (unpaired) electrons. The second-order valence-corrected chi connectivity index (χ2v) is 8.47. The first-order valence-electron chi connectivity index (χ1n) is 8.36. The van der Waals surface area contributed by atoms with Gasteiger partial charge in [-0.1, -0.05) is 39.9 Å². The van der Waals surface area contributed by atoms with E-state index in [0.29, 0.717) is 33.7 Å². The average molecular weight is 482 g/mol. The molecule has 0 saturated carbocycles. The van der Waals surface area contributed by atoms with Crippen molar-refractivity contribution >= 4 is 62.2 Å². The molecule has 1 amide bonds. The molecule has 1 N–H and O–H groups in total. The van der Waals surface area contributed by atoms with Crippen molar-refractivity contribution in [1.82, 2.24) is 4.90 Å². The van der Waals surface area contributed by atoms with Gasteiger partial charge in [0.1, 0.15) is 28.2 Å². The highest BCUT2D eigenvalue weighted by molar-refractivity contribution is 9.10. The van der Waals surface area contributed by atoms with Crippen LogP contribution in [0.15, 0.2) is 50.2 Å². The van der Waals surface area contributed by atoms with E-state index in [-0.39, 0.29) is 18.9 Å². The maximum Gasteiger partial charge on any atom is 0.303 e. The summed E-state index contributed by atoms with van der Waals surface area (Å²) in [6.07, 6.45) is 1.99. The zero-order valence-electron chi connectivity index (χ0n) is 14.6. The minimum atomic E-state index is -0.894. The first-order valence-corrected chi connectivity index (χ1v) is 10.4. The third-order valence-corrected chi connectivity index (χ3v) is 5.70. The first kappa shape index (κ1) is 20.6. The minimum Gasteiger partial charge on any atom is -0.486 e. The Kier molecular flexibility index (Phi) is 6.93. The molecule has 28 heavy (non-hydrogen) atoms. The van der Waals surface area contributed by atoms with Crippen LogP contribution >= 0.6 is 39.9 Å². The van der Waals surface area contributed by atoms with Crippen molar-refractivity contribution in [1.29, 1.82) is 0 Å². The first-order chi connectivity index (χ1) is 13.4. The number of carbonyl (C=O) groups excluding carboxylic acids is 1.